The Balaban J connectivity index is 1.50. The van der Waals surface area contributed by atoms with E-state index in [2.05, 4.69) is 0 Å². The van der Waals surface area contributed by atoms with Crippen LogP contribution < -0.4 is 0 Å². The van der Waals surface area contributed by atoms with Crippen LogP contribution in [0.1, 0.15) is 39.0 Å². The molecule has 2 aliphatic heterocycles. The summed E-state index contributed by atoms with van der Waals surface area (Å²) in [6, 6.07) is 0.397. The number of hydrogen-bond acceptors (Lipinski definition) is 3. The molecule has 1 aliphatic carbocycles. The zero-order chi connectivity index (χ0) is 15.7. The van der Waals surface area contributed by atoms with Crippen LogP contribution in [0.4, 0.5) is 0 Å². The van der Waals surface area contributed by atoms with E-state index in [-0.39, 0.29) is 23.6 Å². The number of piperazine rings is 1. The van der Waals surface area contributed by atoms with Crippen molar-refractivity contribution in [2.24, 2.45) is 5.92 Å². The highest BCUT2D eigenvalue weighted by atomic mass is 16.2. The summed E-state index contributed by atoms with van der Waals surface area (Å²) in [6.07, 6.45) is 3.99. The van der Waals surface area contributed by atoms with Gasteiger partial charge in [-0.15, -0.1) is 0 Å². The number of carbonyl (C=O) groups excluding carboxylic acids is 3. The lowest BCUT2D eigenvalue weighted by atomic mass is 10.1. The van der Waals surface area contributed by atoms with Crippen LogP contribution in [0.3, 0.4) is 0 Å². The van der Waals surface area contributed by atoms with Gasteiger partial charge in [-0.05, 0) is 19.3 Å². The lowest BCUT2D eigenvalue weighted by Gasteiger charge is -2.36. The number of amides is 3. The van der Waals surface area contributed by atoms with Crippen LogP contribution in [0.25, 0.3) is 0 Å². The molecule has 2 saturated heterocycles. The van der Waals surface area contributed by atoms with Crippen molar-refractivity contribution in [2.75, 3.05) is 32.7 Å². The summed E-state index contributed by atoms with van der Waals surface area (Å²) in [4.78, 5) is 42.0. The van der Waals surface area contributed by atoms with Crippen molar-refractivity contribution in [3.8, 4) is 0 Å². The molecule has 0 aromatic rings. The monoisotopic (exact) mass is 307 g/mol. The predicted molar refractivity (Wildman–Crippen MR) is 80.9 cm³/mol. The maximum absolute atomic E-state index is 12.6. The third-order valence-electron chi connectivity index (χ3n) is 4.90. The lowest BCUT2D eigenvalue weighted by Crippen LogP contribution is -2.52. The number of hydrogen-bond donors (Lipinski definition) is 0. The van der Waals surface area contributed by atoms with Crippen LogP contribution in [0.15, 0.2) is 0 Å². The van der Waals surface area contributed by atoms with E-state index in [1.54, 1.807) is 0 Å². The van der Waals surface area contributed by atoms with Crippen molar-refractivity contribution >= 4 is 17.7 Å². The molecule has 0 spiro atoms. The first-order valence-corrected chi connectivity index (χ1v) is 8.46. The zero-order valence-electron chi connectivity index (χ0n) is 13.3. The van der Waals surface area contributed by atoms with Gasteiger partial charge in [0.15, 0.2) is 0 Å². The van der Waals surface area contributed by atoms with Crippen LogP contribution in [0.2, 0.25) is 0 Å². The van der Waals surface area contributed by atoms with Gasteiger partial charge in [-0.3, -0.25) is 14.4 Å². The fraction of sp³-hybridized carbons (Fsp3) is 0.812. The summed E-state index contributed by atoms with van der Waals surface area (Å²) in [5.74, 6) is 0.244. The minimum Gasteiger partial charge on any atom is -0.339 e. The van der Waals surface area contributed by atoms with Crippen molar-refractivity contribution in [2.45, 2.75) is 45.1 Å². The molecule has 1 unspecified atom stereocenters. The van der Waals surface area contributed by atoms with E-state index in [1.165, 1.54) is 0 Å². The smallest absolute Gasteiger partial charge is 0.228 e. The first-order chi connectivity index (χ1) is 10.6. The van der Waals surface area contributed by atoms with Gasteiger partial charge in [-0.2, -0.15) is 0 Å². The Hall–Kier alpha value is -1.59. The first-order valence-electron chi connectivity index (χ1n) is 8.46. The summed E-state index contributed by atoms with van der Waals surface area (Å²) in [6.45, 7) is 5.04. The van der Waals surface area contributed by atoms with E-state index in [0.29, 0.717) is 51.6 Å². The Kier molecular flexibility index (Phi) is 4.36. The third kappa shape index (κ3) is 3.10. The minimum atomic E-state index is -0.175. The highest BCUT2D eigenvalue weighted by Gasteiger charge is 2.43. The summed E-state index contributed by atoms with van der Waals surface area (Å²) in [5, 5.41) is 0. The Bertz CT molecular complexity index is 467. The summed E-state index contributed by atoms with van der Waals surface area (Å²) in [5.41, 5.74) is 0. The van der Waals surface area contributed by atoms with E-state index in [1.807, 2.05) is 21.6 Å². The Morgan fingerprint density at radius 2 is 1.73 bits per heavy atom. The molecule has 3 amide bonds. The topological polar surface area (TPSA) is 60.9 Å². The van der Waals surface area contributed by atoms with E-state index in [9.17, 15) is 14.4 Å². The second-order valence-electron chi connectivity index (χ2n) is 6.63. The quantitative estimate of drug-likeness (QED) is 0.758. The highest BCUT2D eigenvalue weighted by Crippen LogP contribution is 2.33. The second-order valence-corrected chi connectivity index (χ2v) is 6.63. The van der Waals surface area contributed by atoms with Crippen LogP contribution in [-0.2, 0) is 14.4 Å². The van der Waals surface area contributed by atoms with E-state index in [4.69, 9.17) is 0 Å². The van der Waals surface area contributed by atoms with Gasteiger partial charge in [0.1, 0.15) is 0 Å². The van der Waals surface area contributed by atoms with Gasteiger partial charge in [0, 0.05) is 51.6 Å². The van der Waals surface area contributed by atoms with Crippen molar-refractivity contribution in [3.63, 3.8) is 0 Å². The van der Waals surface area contributed by atoms with E-state index < -0.39 is 0 Å². The van der Waals surface area contributed by atoms with Gasteiger partial charge >= 0.3 is 0 Å². The van der Waals surface area contributed by atoms with Crippen LogP contribution >= 0.6 is 0 Å². The molecule has 0 N–H and O–H groups in total. The summed E-state index contributed by atoms with van der Waals surface area (Å²) < 4.78 is 0. The van der Waals surface area contributed by atoms with Crippen molar-refractivity contribution in [3.05, 3.63) is 0 Å². The molecular formula is C16H25N3O3. The van der Waals surface area contributed by atoms with Gasteiger partial charge in [-0.25, -0.2) is 0 Å². The molecule has 3 rings (SSSR count). The minimum absolute atomic E-state index is 0.0964. The van der Waals surface area contributed by atoms with Crippen LogP contribution in [0.5, 0.6) is 0 Å². The lowest BCUT2D eigenvalue weighted by molar-refractivity contribution is -0.142. The van der Waals surface area contributed by atoms with Crippen molar-refractivity contribution in [1.82, 2.24) is 14.7 Å². The number of carbonyl (C=O) groups is 3. The molecular weight excluding hydrogens is 282 g/mol. The third-order valence-corrected chi connectivity index (χ3v) is 4.90. The molecule has 3 aliphatic rings. The molecule has 1 saturated carbocycles. The zero-order valence-corrected chi connectivity index (χ0v) is 13.3. The maximum atomic E-state index is 12.6. The molecule has 6 heteroatoms. The van der Waals surface area contributed by atoms with Gasteiger partial charge < -0.3 is 14.7 Å². The normalized spacial score (nSPS) is 25.8. The average molecular weight is 307 g/mol. The fourth-order valence-corrected chi connectivity index (χ4v) is 3.44. The fourth-order valence-electron chi connectivity index (χ4n) is 3.44. The summed E-state index contributed by atoms with van der Waals surface area (Å²) in [7, 11) is 0. The molecule has 0 aromatic heterocycles. The number of likely N-dealkylation sites (tertiary alicyclic amines) is 1. The molecule has 0 radical (unpaired) electrons. The van der Waals surface area contributed by atoms with Gasteiger partial charge in [0.25, 0.3) is 0 Å². The van der Waals surface area contributed by atoms with Crippen LogP contribution in [-0.4, -0.2) is 71.2 Å². The molecule has 22 heavy (non-hydrogen) atoms. The van der Waals surface area contributed by atoms with Crippen molar-refractivity contribution in [1.29, 1.82) is 0 Å². The standard InChI is InChI=1S/C16H25N3O3/c1-2-3-14(20)17-6-8-18(9-7-17)16(22)12-10-15(21)19(11-12)13-4-5-13/h12-13H,2-11H2,1H3. The van der Waals surface area contributed by atoms with Gasteiger partial charge in [-0.1, -0.05) is 6.92 Å². The molecule has 6 nitrogen and oxygen atoms in total. The SMILES string of the molecule is CCCC(=O)N1CCN(C(=O)C2CC(=O)N(C3CC3)C2)CC1. The van der Waals surface area contributed by atoms with E-state index >= 15 is 0 Å². The van der Waals surface area contributed by atoms with Gasteiger partial charge in [0.2, 0.25) is 17.7 Å². The molecule has 0 aromatic carbocycles. The molecule has 0 bridgehead atoms. The molecule has 1 atom stereocenters. The highest BCUT2D eigenvalue weighted by molar-refractivity contribution is 5.89. The first kappa shape index (κ1) is 15.3. The number of nitrogens with zero attached hydrogens (tertiary/aromatic N) is 3. The van der Waals surface area contributed by atoms with Crippen molar-refractivity contribution < 1.29 is 14.4 Å². The Labute approximate surface area is 131 Å². The maximum Gasteiger partial charge on any atom is 0.228 e. The molecule has 2 heterocycles. The largest absolute Gasteiger partial charge is 0.339 e. The Morgan fingerprint density at radius 1 is 1.09 bits per heavy atom. The average Bonchev–Trinajstić information content (AvgIpc) is 3.29. The molecule has 3 fully saturated rings. The molecule has 122 valence electrons. The summed E-state index contributed by atoms with van der Waals surface area (Å²) >= 11 is 0. The predicted octanol–water partition coefficient (Wildman–Crippen LogP) is 0.468. The van der Waals surface area contributed by atoms with Crippen LogP contribution in [0, 0.1) is 5.92 Å². The van der Waals surface area contributed by atoms with Gasteiger partial charge in [0.05, 0.1) is 5.92 Å². The number of rotatable bonds is 4. The second kappa shape index (κ2) is 6.26. The van der Waals surface area contributed by atoms with E-state index in [0.717, 1.165) is 19.3 Å². The Morgan fingerprint density at radius 3 is 2.32 bits per heavy atom.